The van der Waals surface area contributed by atoms with Crippen molar-refractivity contribution >= 4 is 0 Å². The highest BCUT2D eigenvalue weighted by molar-refractivity contribution is 5.67. The average Bonchev–Trinajstić information content (AvgIpc) is 2.82. The molecule has 1 aliphatic heterocycles. The summed E-state index contributed by atoms with van der Waals surface area (Å²) in [5.41, 5.74) is 10.5. The monoisotopic (exact) mass is 429 g/mol. The summed E-state index contributed by atoms with van der Waals surface area (Å²) in [5, 5.41) is 0. The Morgan fingerprint density at radius 2 is 1.53 bits per heavy atom. The molecule has 0 atom stereocenters. The van der Waals surface area contributed by atoms with E-state index in [4.69, 9.17) is 10.5 Å². The highest BCUT2D eigenvalue weighted by Gasteiger charge is 2.19. The van der Waals surface area contributed by atoms with E-state index in [1.54, 1.807) is 0 Å². The minimum atomic E-state index is 0.544. The zero-order chi connectivity index (χ0) is 22.3. The average molecular weight is 430 g/mol. The number of para-hydroxylation sites is 1. The zero-order valence-corrected chi connectivity index (χ0v) is 19.3. The molecule has 0 aromatic heterocycles. The lowest BCUT2D eigenvalue weighted by molar-refractivity contribution is 0.117. The third-order valence-electron chi connectivity index (χ3n) is 6.02. The summed E-state index contributed by atoms with van der Waals surface area (Å²) in [6.07, 6.45) is 0. The van der Waals surface area contributed by atoms with E-state index in [0.717, 1.165) is 61.3 Å². The molecule has 0 saturated carbocycles. The van der Waals surface area contributed by atoms with Gasteiger partial charge in [0, 0.05) is 51.4 Å². The number of benzene rings is 3. The van der Waals surface area contributed by atoms with Gasteiger partial charge in [-0.05, 0) is 46.9 Å². The van der Waals surface area contributed by atoms with E-state index in [9.17, 15) is 0 Å². The van der Waals surface area contributed by atoms with Crippen molar-refractivity contribution in [2.24, 2.45) is 11.7 Å². The minimum absolute atomic E-state index is 0.544. The van der Waals surface area contributed by atoms with Crippen LogP contribution in [0.15, 0.2) is 72.8 Å². The highest BCUT2D eigenvalue weighted by Crippen LogP contribution is 2.32. The van der Waals surface area contributed by atoms with E-state index < -0.39 is 0 Å². The van der Waals surface area contributed by atoms with Crippen LogP contribution in [0.3, 0.4) is 0 Å². The van der Waals surface area contributed by atoms with E-state index in [1.165, 1.54) is 17.7 Å². The van der Waals surface area contributed by atoms with E-state index in [1.807, 2.05) is 30.3 Å². The van der Waals surface area contributed by atoms with Gasteiger partial charge in [0.15, 0.2) is 0 Å². The fraction of sp³-hybridized carbons (Fsp3) is 0.357. The lowest BCUT2D eigenvalue weighted by Crippen LogP contribution is -2.46. The van der Waals surface area contributed by atoms with E-state index >= 15 is 0 Å². The fourth-order valence-electron chi connectivity index (χ4n) is 4.34. The number of nitrogens with zero attached hydrogens (tertiary/aromatic N) is 2. The molecular weight excluding hydrogens is 394 g/mol. The lowest BCUT2D eigenvalue weighted by atomic mass is 10.0. The van der Waals surface area contributed by atoms with Crippen LogP contribution in [0.2, 0.25) is 0 Å². The normalized spacial score (nSPS) is 15.2. The smallest absolute Gasteiger partial charge is 0.132 e. The van der Waals surface area contributed by atoms with Crippen molar-refractivity contribution in [3.05, 3.63) is 83.9 Å². The van der Waals surface area contributed by atoms with Crippen LogP contribution in [-0.4, -0.2) is 42.5 Å². The topological polar surface area (TPSA) is 41.7 Å². The molecule has 0 aliphatic carbocycles. The molecule has 1 heterocycles. The van der Waals surface area contributed by atoms with Crippen LogP contribution in [0.5, 0.6) is 11.5 Å². The fourth-order valence-corrected chi connectivity index (χ4v) is 4.34. The van der Waals surface area contributed by atoms with E-state index in [-0.39, 0.29) is 0 Å². The number of ether oxygens (including phenoxy) is 1. The number of piperazine rings is 1. The van der Waals surface area contributed by atoms with Crippen LogP contribution in [0, 0.1) is 5.92 Å². The Balaban J connectivity index is 1.55. The minimum Gasteiger partial charge on any atom is -0.457 e. The molecule has 3 aromatic rings. The first-order valence-electron chi connectivity index (χ1n) is 11.7. The van der Waals surface area contributed by atoms with Crippen molar-refractivity contribution in [3.63, 3.8) is 0 Å². The van der Waals surface area contributed by atoms with Crippen molar-refractivity contribution in [3.8, 4) is 22.6 Å². The molecule has 2 N–H and O–H groups in total. The SMILES string of the molecule is CC(C)CN1CCN(Cc2ccc(-c3cccc(CN)c3)cc2Oc2ccccc2)CC1. The van der Waals surface area contributed by atoms with Crippen LogP contribution in [0.4, 0.5) is 0 Å². The van der Waals surface area contributed by atoms with E-state index in [0.29, 0.717) is 6.54 Å². The second-order valence-corrected chi connectivity index (χ2v) is 9.11. The van der Waals surface area contributed by atoms with Crippen molar-refractivity contribution < 1.29 is 4.74 Å². The summed E-state index contributed by atoms with van der Waals surface area (Å²) >= 11 is 0. The number of hydrogen-bond donors (Lipinski definition) is 1. The third-order valence-corrected chi connectivity index (χ3v) is 6.02. The quantitative estimate of drug-likeness (QED) is 0.522. The first-order chi connectivity index (χ1) is 15.6. The molecule has 0 bridgehead atoms. The first-order valence-corrected chi connectivity index (χ1v) is 11.7. The van der Waals surface area contributed by atoms with Crippen LogP contribution in [0.25, 0.3) is 11.1 Å². The standard InChI is InChI=1S/C28H35N3O/c1-22(2)20-30-13-15-31(16-14-30)21-26-12-11-25(24-8-6-7-23(17-24)19-29)18-28(26)32-27-9-4-3-5-10-27/h3-12,17-18,22H,13-16,19-21,29H2,1-2H3. The van der Waals surface area contributed by atoms with Crippen molar-refractivity contribution in [2.45, 2.75) is 26.9 Å². The summed E-state index contributed by atoms with van der Waals surface area (Å²) in [6.45, 7) is 11.7. The second kappa shape index (κ2) is 10.8. The Morgan fingerprint density at radius 3 is 2.25 bits per heavy atom. The predicted molar refractivity (Wildman–Crippen MR) is 133 cm³/mol. The third kappa shape index (κ3) is 5.98. The van der Waals surface area contributed by atoms with Gasteiger partial charge in [0.1, 0.15) is 11.5 Å². The molecule has 4 nitrogen and oxygen atoms in total. The van der Waals surface area contributed by atoms with Gasteiger partial charge in [-0.3, -0.25) is 4.90 Å². The molecule has 0 spiro atoms. The predicted octanol–water partition coefficient (Wildman–Crippen LogP) is 5.38. The maximum absolute atomic E-state index is 6.38. The summed E-state index contributed by atoms with van der Waals surface area (Å²) in [5.74, 6) is 2.51. The molecule has 0 unspecified atom stereocenters. The Labute approximate surface area is 192 Å². The highest BCUT2D eigenvalue weighted by atomic mass is 16.5. The summed E-state index contributed by atoms with van der Waals surface area (Å²) in [4.78, 5) is 5.12. The summed E-state index contributed by atoms with van der Waals surface area (Å²) in [7, 11) is 0. The van der Waals surface area contributed by atoms with Crippen molar-refractivity contribution in [1.82, 2.24) is 9.80 Å². The van der Waals surface area contributed by atoms with Gasteiger partial charge in [0.05, 0.1) is 0 Å². The molecule has 32 heavy (non-hydrogen) atoms. The first kappa shape index (κ1) is 22.5. The summed E-state index contributed by atoms with van der Waals surface area (Å²) in [6, 6.07) is 25.1. The molecule has 1 saturated heterocycles. The maximum atomic E-state index is 6.38. The molecule has 1 aliphatic rings. The zero-order valence-electron chi connectivity index (χ0n) is 19.3. The Hall–Kier alpha value is -2.66. The number of nitrogens with two attached hydrogens (primary N) is 1. The van der Waals surface area contributed by atoms with Crippen molar-refractivity contribution in [2.75, 3.05) is 32.7 Å². The Bertz CT molecular complexity index is 995. The second-order valence-electron chi connectivity index (χ2n) is 9.11. The van der Waals surface area contributed by atoms with Crippen LogP contribution in [-0.2, 0) is 13.1 Å². The van der Waals surface area contributed by atoms with Gasteiger partial charge >= 0.3 is 0 Å². The van der Waals surface area contributed by atoms with Gasteiger partial charge in [-0.2, -0.15) is 0 Å². The van der Waals surface area contributed by atoms with Gasteiger partial charge in [-0.1, -0.05) is 62.4 Å². The van der Waals surface area contributed by atoms with Crippen LogP contribution in [0.1, 0.15) is 25.0 Å². The molecule has 3 aromatic carbocycles. The van der Waals surface area contributed by atoms with Crippen molar-refractivity contribution in [1.29, 1.82) is 0 Å². The van der Waals surface area contributed by atoms with E-state index in [2.05, 4.69) is 66.1 Å². The van der Waals surface area contributed by atoms with Gasteiger partial charge in [0.25, 0.3) is 0 Å². The molecule has 4 rings (SSSR count). The molecule has 0 radical (unpaired) electrons. The Kier molecular flexibility index (Phi) is 7.59. The largest absolute Gasteiger partial charge is 0.457 e. The van der Waals surface area contributed by atoms with Gasteiger partial charge < -0.3 is 15.4 Å². The van der Waals surface area contributed by atoms with Crippen LogP contribution >= 0.6 is 0 Å². The van der Waals surface area contributed by atoms with Gasteiger partial charge in [-0.15, -0.1) is 0 Å². The Morgan fingerprint density at radius 1 is 0.812 bits per heavy atom. The molecular formula is C28H35N3O. The summed E-state index contributed by atoms with van der Waals surface area (Å²) < 4.78 is 6.38. The molecule has 4 heteroatoms. The van der Waals surface area contributed by atoms with Gasteiger partial charge in [0.2, 0.25) is 0 Å². The number of rotatable bonds is 8. The van der Waals surface area contributed by atoms with Crippen LogP contribution < -0.4 is 10.5 Å². The molecule has 1 fully saturated rings. The molecule has 0 amide bonds. The number of hydrogen-bond acceptors (Lipinski definition) is 4. The molecule has 168 valence electrons. The lowest BCUT2D eigenvalue weighted by Gasteiger charge is -2.35. The van der Waals surface area contributed by atoms with Gasteiger partial charge in [-0.25, -0.2) is 0 Å². The maximum Gasteiger partial charge on any atom is 0.132 e.